The van der Waals surface area contributed by atoms with Crippen LogP contribution in [0.1, 0.15) is 92.4 Å². The van der Waals surface area contributed by atoms with Gasteiger partial charge in [0.15, 0.2) is 0 Å². The van der Waals surface area contributed by atoms with Crippen LogP contribution in [0.4, 0.5) is 0 Å². The predicted octanol–water partition coefficient (Wildman–Crippen LogP) is 6.84. The van der Waals surface area contributed by atoms with E-state index < -0.39 is 5.60 Å². The molecule has 0 aromatic rings. The lowest BCUT2D eigenvalue weighted by Gasteiger charge is -2.41. The molecule has 0 bridgehead atoms. The number of unbranched alkanes of at least 4 members (excludes halogenated alkanes) is 2. The summed E-state index contributed by atoms with van der Waals surface area (Å²) in [5.74, 6) is 1.82. The summed E-state index contributed by atoms with van der Waals surface area (Å²) < 4.78 is 0. The van der Waals surface area contributed by atoms with Crippen molar-refractivity contribution >= 4 is 15.9 Å². The highest BCUT2D eigenvalue weighted by molar-refractivity contribution is 9.11. The molecule has 0 amide bonds. The van der Waals surface area contributed by atoms with Crippen LogP contribution in [-0.4, -0.2) is 10.7 Å². The second-order valence-electron chi connectivity index (χ2n) is 8.34. The molecule has 3 atom stereocenters. The molecule has 0 aliphatic heterocycles. The molecule has 2 heteroatoms. The highest BCUT2D eigenvalue weighted by Crippen LogP contribution is 2.57. The quantitative estimate of drug-likeness (QED) is 0.535. The second-order valence-corrected chi connectivity index (χ2v) is 8.80. The number of hydrogen-bond donors (Lipinski definition) is 1. The van der Waals surface area contributed by atoms with E-state index in [0.717, 1.165) is 24.7 Å². The third kappa shape index (κ3) is 5.67. The normalized spacial score (nSPS) is 33.3. The number of rotatable bonds is 4. The minimum atomic E-state index is -0.449. The Bertz CT molecular complexity index is 355. The van der Waals surface area contributed by atoms with Crippen LogP contribution in [-0.2, 0) is 0 Å². The van der Waals surface area contributed by atoms with Crippen LogP contribution in [0.15, 0.2) is 10.6 Å². The van der Waals surface area contributed by atoms with Gasteiger partial charge in [-0.05, 0) is 74.6 Å². The Kier molecular flexibility index (Phi) is 8.16. The summed E-state index contributed by atoms with van der Waals surface area (Å²) in [6.07, 6.45) is 11.6. The first kappa shape index (κ1) is 20.2. The summed E-state index contributed by atoms with van der Waals surface area (Å²) in [6, 6.07) is 0. The van der Waals surface area contributed by atoms with Crippen molar-refractivity contribution in [3.63, 3.8) is 0 Å². The fourth-order valence-corrected chi connectivity index (χ4v) is 4.78. The third-order valence-electron chi connectivity index (χ3n) is 5.97. The second kappa shape index (κ2) is 8.87. The molecule has 22 heavy (non-hydrogen) atoms. The van der Waals surface area contributed by atoms with Crippen molar-refractivity contribution in [2.75, 3.05) is 0 Å². The summed E-state index contributed by atoms with van der Waals surface area (Å²) in [5.41, 5.74) is 1.85. The van der Waals surface area contributed by atoms with Crippen molar-refractivity contribution in [3.05, 3.63) is 10.6 Å². The molecule has 0 spiro atoms. The van der Waals surface area contributed by atoms with E-state index in [1.54, 1.807) is 5.57 Å². The molecule has 0 saturated heterocycles. The van der Waals surface area contributed by atoms with Gasteiger partial charge in [0.05, 0.1) is 5.60 Å². The van der Waals surface area contributed by atoms with Crippen molar-refractivity contribution in [2.45, 2.75) is 98.0 Å². The highest BCUT2D eigenvalue weighted by Gasteiger charge is 2.46. The third-order valence-corrected chi connectivity index (χ3v) is 6.56. The lowest BCUT2D eigenvalue weighted by atomic mass is 9.64. The maximum absolute atomic E-state index is 9.24. The van der Waals surface area contributed by atoms with Crippen LogP contribution < -0.4 is 0 Å². The van der Waals surface area contributed by atoms with E-state index in [1.165, 1.54) is 44.9 Å². The number of allylic oxidation sites excluding steroid dienone is 1. The van der Waals surface area contributed by atoms with Gasteiger partial charge in [0.25, 0.3) is 0 Å². The average molecular weight is 373 g/mol. The lowest BCUT2D eigenvalue weighted by Crippen LogP contribution is -2.31. The van der Waals surface area contributed by atoms with Crippen LogP contribution >= 0.6 is 15.9 Å². The SMILES string of the molecule is CC1CCC2/C(=C/Br)CCCC12C.CCCCCC(C)(C)O. The van der Waals surface area contributed by atoms with Crippen LogP contribution in [0.5, 0.6) is 0 Å². The molecule has 0 radical (unpaired) electrons. The summed E-state index contributed by atoms with van der Waals surface area (Å²) in [7, 11) is 0. The van der Waals surface area contributed by atoms with Crippen molar-refractivity contribution < 1.29 is 5.11 Å². The van der Waals surface area contributed by atoms with Gasteiger partial charge in [0, 0.05) is 0 Å². The lowest BCUT2D eigenvalue weighted by molar-refractivity contribution is 0.0682. The van der Waals surface area contributed by atoms with Crippen molar-refractivity contribution in [3.8, 4) is 0 Å². The molecule has 2 aliphatic rings. The molecule has 2 rings (SSSR count). The number of halogens is 1. The minimum absolute atomic E-state index is 0.449. The maximum atomic E-state index is 9.24. The Morgan fingerprint density at radius 2 is 2.00 bits per heavy atom. The van der Waals surface area contributed by atoms with Crippen molar-refractivity contribution in [1.29, 1.82) is 0 Å². The Labute approximate surface area is 147 Å². The Morgan fingerprint density at radius 3 is 2.55 bits per heavy atom. The summed E-state index contributed by atoms with van der Waals surface area (Å²) in [6.45, 7) is 10.8. The number of hydrogen-bond acceptors (Lipinski definition) is 1. The molecule has 0 aromatic carbocycles. The van der Waals surface area contributed by atoms with E-state index in [4.69, 9.17) is 0 Å². The minimum Gasteiger partial charge on any atom is -0.390 e. The predicted molar refractivity (Wildman–Crippen MR) is 101 cm³/mol. The fourth-order valence-electron chi connectivity index (χ4n) is 4.23. The zero-order valence-corrected chi connectivity index (χ0v) is 17.0. The van der Waals surface area contributed by atoms with Crippen molar-refractivity contribution in [2.24, 2.45) is 17.3 Å². The van der Waals surface area contributed by atoms with E-state index in [1.807, 2.05) is 13.8 Å². The average Bonchev–Trinajstić information content (AvgIpc) is 2.74. The molecular weight excluding hydrogens is 336 g/mol. The zero-order chi connectivity index (χ0) is 16.8. The number of aliphatic hydroxyl groups is 1. The van der Waals surface area contributed by atoms with Gasteiger partial charge in [-0.2, -0.15) is 0 Å². The van der Waals surface area contributed by atoms with E-state index in [-0.39, 0.29) is 0 Å². The molecule has 3 unspecified atom stereocenters. The van der Waals surface area contributed by atoms with Crippen LogP contribution in [0.25, 0.3) is 0 Å². The first-order chi connectivity index (χ1) is 10.2. The Morgan fingerprint density at radius 1 is 1.32 bits per heavy atom. The van der Waals surface area contributed by atoms with Crippen molar-refractivity contribution in [1.82, 2.24) is 0 Å². The first-order valence-electron chi connectivity index (χ1n) is 9.26. The molecule has 130 valence electrons. The Hall–Kier alpha value is 0.180. The molecule has 1 N–H and O–H groups in total. The molecule has 1 nitrogen and oxygen atoms in total. The van der Waals surface area contributed by atoms with Gasteiger partial charge < -0.3 is 5.11 Å². The van der Waals surface area contributed by atoms with Gasteiger partial charge >= 0.3 is 0 Å². The molecule has 2 aliphatic carbocycles. The topological polar surface area (TPSA) is 20.2 Å². The number of fused-ring (bicyclic) bond motifs is 1. The smallest absolute Gasteiger partial charge is 0.0591 e. The van der Waals surface area contributed by atoms with E-state index in [0.29, 0.717) is 5.41 Å². The van der Waals surface area contributed by atoms with Gasteiger partial charge in [-0.25, -0.2) is 0 Å². The molecule has 0 heterocycles. The van der Waals surface area contributed by atoms with Crippen LogP contribution in [0.2, 0.25) is 0 Å². The summed E-state index contributed by atoms with van der Waals surface area (Å²) in [4.78, 5) is 2.20. The van der Waals surface area contributed by atoms with E-state index >= 15 is 0 Å². The molecule has 0 aromatic heterocycles. The monoisotopic (exact) mass is 372 g/mol. The van der Waals surface area contributed by atoms with Gasteiger partial charge in [-0.15, -0.1) is 0 Å². The van der Waals surface area contributed by atoms with E-state index in [2.05, 4.69) is 41.7 Å². The molecule has 2 saturated carbocycles. The molecular formula is C20H37BrO. The van der Waals surface area contributed by atoms with Gasteiger partial charge in [0.2, 0.25) is 0 Å². The zero-order valence-electron chi connectivity index (χ0n) is 15.4. The summed E-state index contributed by atoms with van der Waals surface area (Å²) in [5, 5.41) is 9.24. The Balaban J connectivity index is 0.000000239. The van der Waals surface area contributed by atoms with Gasteiger partial charge in [-0.1, -0.05) is 61.5 Å². The van der Waals surface area contributed by atoms with Gasteiger partial charge in [0.1, 0.15) is 0 Å². The van der Waals surface area contributed by atoms with Gasteiger partial charge in [-0.3, -0.25) is 0 Å². The van der Waals surface area contributed by atoms with Crippen LogP contribution in [0.3, 0.4) is 0 Å². The summed E-state index contributed by atoms with van der Waals surface area (Å²) >= 11 is 3.53. The standard InChI is InChI=1S/C12H19Br.C8H18O/c1-9-5-6-11-10(8-13)4-3-7-12(9,11)2;1-4-5-6-7-8(2,3)9/h8-9,11H,3-7H2,1-2H3;9H,4-7H2,1-3H3/b10-8+;. The first-order valence-corrected chi connectivity index (χ1v) is 10.2. The van der Waals surface area contributed by atoms with E-state index in [9.17, 15) is 5.11 Å². The maximum Gasteiger partial charge on any atom is 0.0591 e. The molecule has 2 fully saturated rings. The fraction of sp³-hybridized carbons (Fsp3) is 0.900. The largest absolute Gasteiger partial charge is 0.390 e. The van der Waals surface area contributed by atoms with Crippen LogP contribution in [0, 0.1) is 17.3 Å². The highest BCUT2D eigenvalue weighted by atomic mass is 79.9.